The summed E-state index contributed by atoms with van der Waals surface area (Å²) in [6.45, 7) is 0. The molecule has 0 spiro atoms. The van der Waals surface area contributed by atoms with Crippen LogP contribution in [-0.2, 0) is 10.1 Å². The largest absolute Gasteiger partial charge is 0.379 e. The van der Waals surface area contributed by atoms with E-state index in [1.807, 2.05) is 30.3 Å². The summed E-state index contributed by atoms with van der Waals surface area (Å²) in [7, 11) is -4.30. The molecule has 4 rings (SSSR count). The van der Waals surface area contributed by atoms with E-state index >= 15 is 0 Å². The van der Waals surface area contributed by atoms with Crippen LogP contribution in [0.5, 0.6) is 5.75 Å². The quantitative estimate of drug-likeness (QED) is 0.235. The Hall–Kier alpha value is -4.16. The molecule has 0 bridgehead atoms. The lowest BCUT2D eigenvalue weighted by Crippen LogP contribution is -2.12. The van der Waals surface area contributed by atoms with Crippen LogP contribution in [0.25, 0.3) is 11.4 Å². The number of nitrogens with zero attached hydrogens (tertiary/aromatic N) is 3. The Morgan fingerprint density at radius 3 is 2.42 bits per heavy atom. The summed E-state index contributed by atoms with van der Waals surface area (Å²) in [5.41, 5.74) is 0.686. The average Bonchev–Trinajstić information content (AvgIpc) is 3.28. The molecule has 1 heterocycles. The monoisotopic (exact) mass is 482 g/mol. The summed E-state index contributed by atoms with van der Waals surface area (Å²) in [5, 5.41) is 13.8. The smallest absolute Gasteiger partial charge is 0.339 e. The topological polar surface area (TPSA) is 141 Å². The van der Waals surface area contributed by atoms with Gasteiger partial charge in [0, 0.05) is 34.8 Å². The zero-order valence-corrected chi connectivity index (χ0v) is 18.2. The van der Waals surface area contributed by atoms with Gasteiger partial charge < -0.3 is 4.18 Å². The molecule has 1 amide bonds. The lowest BCUT2D eigenvalue weighted by Gasteiger charge is -2.08. The number of non-ortho nitro benzene ring substituents is 1. The number of aromatic nitrogens is 2. The number of carbonyl (C=O) groups is 1. The highest BCUT2D eigenvalue weighted by molar-refractivity contribution is 7.87. The number of benzene rings is 3. The Bertz CT molecular complexity index is 1420. The van der Waals surface area contributed by atoms with Gasteiger partial charge in [-0.15, -0.1) is 0 Å². The summed E-state index contributed by atoms with van der Waals surface area (Å²) >= 11 is 1.03. The van der Waals surface area contributed by atoms with Gasteiger partial charge in [-0.3, -0.25) is 20.2 Å². The van der Waals surface area contributed by atoms with Crippen molar-refractivity contribution in [2.75, 3.05) is 5.32 Å². The summed E-state index contributed by atoms with van der Waals surface area (Å²) < 4.78 is 34.1. The van der Waals surface area contributed by atoms with Gasteiger partial charge in [0.05, 0.1) is 4.92 Å². The van der Waals surface area contributed by atoms with Crippen LogP contribution in [0.3, 0.4) is 0 Å². The summed E-state index contributed by atoms with van der Waals surface area (Å²) in [4.78, 5) is 26.6. The van der Waals surface area contributed by atoms with Crippen molar-refractivity contribution < 1.29 is 22.3 Å². The highest BCUT2D eigenvalue weighted by Gasteiger charge is 2.20. The van der Waals surface area contributed by atoms with Gasteiger partial charge in [0.15, 0.2) is 5.82 Å². The first-order valence-electron chi connectivity index (χ1n) is 9.31. The van der Waals surface area contributed by atoms with Crippen LogP contribution in [0.2, 0.25) is 0 Å². The lowest BCUT2D eigenvalue weighted by molar-refractivity contribution is -0.385. The maximum atomic E-state index is 12.5. The van der Waals surface area contributed by atoms with Crippen LogP contribution in [0.1, 0.15) is 10.4 Å². The second-order valence-electron chi connectivity index (χ2n) is 6.56. The van der Waals surface area contributed by atoms with E-state index in [1.54, 1.807) is 0 Å². The van der Waals surface area contributed by atoms with Crippen LogP contribution >= 0.6 is 11.5 Å². The number of nitrogens with one attached hydrogen (secondary N) is 1. The fraction of sp³-hybridized carbons (Fsp3) is 0. The molecule has 1 N–H and O–H groups in total. The average molecular weight is 482 g/mol. The zero-order chi connectivity index (χ0) is 23.4. The van der Waals surface area contributed by atoms with Gasteiger partial charge >= 0.3 is 10.1 Å². The lowest BCUT2D eigenvalue weighted by atomic mass is 10.2. The third-order valence-corrected chi connectivity index (χ3v) is 6.19. The molecule has 0 aliphatic rings. The molecule has 0 atom stereocenters. The number of rotatable bonds is 7. The normalized spacial score (nSPS) is 11.0. The van der Waals surface area contributed by atoms with Gasteiger partial charge in [-0.25, -0.2) is 0 Å². The van der Waals surface area contributed by atoms with Crippen LogP contribution in [0.15, 0.2) is 83.8 Å². The highest BCUT2D eigenvalue weighted by Crippen LogP contribution is 2.24. The fourth-order valence-electron chi connectivity index (χ4n) is 2.74. The molecular weight excluding hydrogens is 468 g/mol. The van der Waals surface area contributed by atoms with Crippen molar-refractivity contribution in [1.82, 2.24) is 9.36 Å². The number of nitro groups is 1. The molecule has 10 nitrogen and oxygen atoms in total. The van der Waals surface area contributed by atoms with Crippen molar-refractivity contribution >= 4 is 38.4 Å². The van der Waals surface area contributed by atoms with E-state index in [2.05, 4.69) is 14.7 Å². The van der Waals surface area contributed by atoms with Crippen molar-refractivity contribution in [3.8, 4) is 17.1 Å². The first kappa shape index (κ1) is 22.0. The van der Waals surface area contributed by atoms with Gasteiger partial charge in [0.2, 0.25) is 5.13 Å². The third-order valence-electron chi connectivity index (χ3n) is 4.32. The first-order valence-corrected chi connectivity index (χ1v) is 11.5. The van der Waals surface area contributed by atoms with E-state index in [4.69, 9.17) is 4.18 Å². The minimum atomic E-state index is -4.30. The molecule has 0 radical (unpaired) electrons. The SMILES string of the molecule is O=C(Nc1nc(-c2ccccc2)ns1)c1ccc(OS(=O)(=O)c2cccc([N+](=O)[O-])c2)cc1. The fourth-order valence-corrected chi connectivity index (χ4v) is 4.29. The van der Waals surface area contributed by atoms with Crippen molar-refractivity contribution in [2.24, 2.45) is 0 Å². The number of anilines is 1. The van der Waals surface area contributed by atoms with Gasteiger partial charge in [-0.2, -0.15) is 17.8 Å². The maximum Gasteiger partial charge on any atom is 0.339 e. The van der Waals surface area contributed by atoms with E-state index < -0.39 is 20.9 Å². The van der Waals surface area contributed by atoms with Crippen LogP contribution in [0, 0.1) is 10.1 Å². The number of amides is 1. The molecule has 0 saturated heterocycles. The van der Waals surface area contributed by atoms with E-state index in [0.717, 1.165) is 23.2 Å². The van der Waals surface area contributed by atoms with E-state index in [9.17, 15) is 23.3 Å². The molecule has 0 saturated carbocycles. The molecular formula is C21H14N4O6S2. The summed E-state index contributed by atoms with van der Waals surface area (Å²) in [6.07, 6.45) is 0. The number of hydrogen-bond acceptors (Lipinski definition) is 9. The van der Waals surface area contributed by atoms with Gasteiger partial charge in [0.1, 0.15) is 10.6 Å². The number of hydrogen-bond donors (Lipinski definition) is 1. The first-order chi connectivity index (χ1) is 15.8. The van der Waals surface area contributed by atoms with E-state index in [1.165, 1.54) is 42.5 Å². The molecule has 1 aromatic heterocycles. The van der Waals surface area contributed by atoms with Crippen LogP contribution in [-0.4, -0.2) is 28.6 Å². The molecule has 12 heteroatoms. The minimum Gasteiger partial charge on any atom is -0.379 e. The summed E-state index contributed by atoms with van der Waals surface area (Å²) in [5.74, 6) is -0.0230. The van der Waals surface area contributed by atoms with Crippen molar-refractivity contribution in [1.29, 1.82) is 0 Å². The van der Waals surface area contributed by atoms with Crippen molar-refractivity contribution in [3.05, 3.63) is 94.5 Å². The second-order valence-corrected chi connectivity index (χ2v) is 8.86. The van der Waals surface area contributed by atoms with Crippen LogP contribution < -0.4 is 9.50 Å². The Morgan fingerprint density at radius 2 is 1.73 bits per heavy atom. The third kappa shape index (κ3) is 5.19. The predicted molar refractivity (Wildman–Crippen MR) is 121 cm³/mol. The molecule has 0 unspecified atom stereocenters. The zero-order valence-electron chi connectivity index (χ0n) is 16.6. The summed E-state index contributed by atoms with van der Waals surface area (Å²) in [6, 6.07) is 19.2. The Morgan fingerprint density at radius 1 is 1.00 bits per heavy atom. The molecule has 33 heavy (non-hydrogen) atoms. The Labute approximate surface area is 192 Å². The highest BCUT2D eigenvalue weighted by atomic mass is 32.2. The maximum absolute atomic E-state index is 12.5. The second kappa shape index (κ2) is 9.14. The molecule has 3 aromatic carbocycles. The van der Waals surface area contributed by atoms with Gasteiger partial charge in [0.25, 0.3) is 11.6 Å². The van der Waals surface area contributed by atoms with Gasteiger partial charge in [-0.05, 0) is 30.3 Å². The predicted octanol–water partition coefficient (Wildman–Crippen LogP) is 4.13. The molecule has 0 fully saturated rings. The molecule has 0 aliphatic heterocycles. The molecule has 166 valence electrons. The Balaban J connectivity index is 1.44. The van der Waals surface area contributed by atoms with E-state index in [-0.39, 0.29) is 21.9 Å². The molecule has 0 aliphatic carbocycles. The van der Waals surface area contributed by atoms with Crippen molar-refractivity contribution in [2.45, 2.75) is 4.90 Å². The van der Waals surface area contributed by atoms with Crippen molar-refractivity contribution in [3.63, 3.8) is 0 Å². The minimum absolute atomic E-state index is 0.0552. The Kier molecular flexibility index (Phi) is 6.11. The van der Waals surface area contributed by atoms with Crippen LogP contribution in [0.4, 0.5) is 10.8 Å². The van der Waals surface area contributed by atoms with Gasteiger partial charge in [-0.1, -0.05) is 36.4 Å². The van der Waals surface area contributed by atoms with E-state index in [0.29, 0.717) is 11.0 Å². The molecule has 4 aromatic rings. The number of nitro benzene ring substituents is 1. The number of carbonyl (C=O) groups excluding carboxylic acids is 1. The standard InChI is InChI=1S/C21H14N4O6S2/c26-20(23-21-22-19(24-32-21)14-5-2-1-3-6-14)15-9-11-17(12-10-15)31-33(29,30)18-8-4-7-16(13-18)25(27)28/h1-13H,(H,22,23,24,26).